The Morgan fingerprint density at radius 1 is 1.06 bits per heavy atom. The molecule has 0 saturated heterocycles. The van der Waals surface area contributed by atoms with Gasteiger partial charge in [-0.15, -0.1) is 0 Å². The number of aromatic nitrogens is 3. The molecule has 2 aromatic heterocycles. The van der Waals surface area contributed by atoms with Crippen LogP contribution >= 0.6 is 0 Å². The maximum atomic E-state index is 4.67. The normalized spacial score (nSPS) is 11.9. The summed E-state index contributed by atoms with van der Waals surface area (Å²) in [7, 11) is 0. The highest BCUT2D eigenvalue weighted by molar-refractivity contribution is 5.42. The van der Waals surface area contributed by atoms with Crippen LogP contribution in [0.4, 0.5) is 0 Å². The van der Waals surface area contributed by atoms with Crippen LogP contribution in [-0.2, 0) is 0 Å². The number of hydrogen-bond donors (Lipinski definition) is 0. The van der Waals surface area contributed by atoms with E-state index in [0.717, 1.165) is 17.0 Å². The summed E-state index contributed by atoms with van der Waals surface area (Å²) >= 11 is 0. The molecule has 0 aromatic carbocycles. The minimum absolute atomic E-state index is 0.449. The number of rotatable bonds is 2. The van der Waals surface area contributed by atoms with E-state index in [9.17, 15) is 0 Å². The van der Waals surface area contributed by atoms with Crippen molar-refractivity contribution in [1.82, 2.24) is 14.6 Å². The maximum absolute atomic E-state index is 4.67. The highest BCUT2D eigenvalue weighted by Crippen LogP contribution is 2.21. The van der Waals surface area contributed by atoms with Crippen molar-refractivity contribution in [3.8, 4) is 0 Å². The molecule has 0 unspecified atom stereocenters. The van der Waals surface area contributed by atoms with Gasteiger partial charge < -0.3 is 0 Å². The minimum Gasteiger partial charge on any atom is -0.232 e. The van der Waals surface area contributed by atoms with Crippen LogP contribution in [0.3, 0.4) is 0 Å². The second-order valence-corrected chi connectivity index (χ2v) is 4.92. The van der Waals surface area contributed by atoms with Crippen molar-refractivity contribution >= 4 is 5.65 Å². The van der Waals surface area contributed by atoms with E-state index in [1.54, 1.807) is 0 Å². The quantitative estimate of drug-likeness (QED) is 0.772. The highest BCUT2D eigenvalue weighted by atomic mass is 15.3. The van der Waals surface area contributed by atoms with E-state index >= 15 is 0 Å². The summed E-state index contributed by atoms with van der Waals surface area (Å²) in [4.78, 5) is 4.54. The Bertz CT molecular complexity index is 509. The van der Waals surface area contributed by atoms with Gasteiger partial charge in [0.2, 0.25) is 0 Å². The van der Waals surface area contributed by atoms with Crippen molar-refractivity contribution in [1.29, 1.82) is 0 Å². The Morgan fingerprint density at radius 2 is 1.75 bits per heavy atom. The van der Waals surface area contributed by atoms with Crippen molar-refractivity contribution in [3.63, 3.8) is 0 Å². The smallest absolute Gasteiger partial charge is 0.154 e. The largest absolute Gasteiger partial charge is 0.232 e. The van der Waals surface area contributed by atoms with Gasteiger partial charge in [-0.25, -0.2) is 9.50 Å². The molecule has 0 bridgehead atoms. The fourth-order valence-electron chi connectivity index (χ4n) is 2.05. The van der Waals surface area contributed by atoms with Gasteiger partial charge in [-0.1, -0.05) is 27.7 Å². The van der Waals surface area contributed by atoms with E-state index in [1.807, 2.05) is 4.52 Å². The third kappa shape index (κ3) is 1.70. The topological polar surface area (TPSA) is 30.2 Å². The zero-order valence-corrected chi connectivity index (χ0v) is 10.7. The third-order valence-corrected chi connectivity index (χ3v) is 2.86. The Kier molecular flexibility index (Phi) is 2.70. The number of imidazole rings is 1. The summed E-state index contributed by atoms with van der Waals surface area (Å²) in [5.41, 5.74) is 4.37. The van der Waals surface area contributed by atoms with Crippen LogP contribution in [0.1, 0.15) is 56.6 Å². The first-order valence-corrected chi connectivity index (χ1v) is 5.87. The molecule has 2 rings (SSSR count). The van der Waals surface area contributed by atoms with Crippen molar-refractivity contribution in [2.45, 2.75) is 46.5 Å². The number of hydrogen-bond acceptors (Lipinski definition) is 2. The molecule has 16 heavy (non-hydrogen) atoms. The number of nitrogens with zero attached hydrogens (tertiary/aromatic N) is 3. The van der Waals surface area contributed by atoms with Crippen LogP contribution in [0, 0.1) is 6.92 Å². The summed E-state index contributed by atoms with van der Waals surface area (Å²) in [6, 6.07) is 4.12. The number of aryl methyl sites for hydroxylation is 1. The molecule has 0 aliphatic heterocycles. The van der Waals surface area contributed by atoms with Crippen LogP contribution in [0.15, 0.2) is 12.1 Å². The second-order valence-electron chi connectivity index (χ2n) is 4.92. The summed E-state index contributed by atoms with van der Waals surface area (Å²) < 4.78 is 2.00. The minimum atomic E-state index is 0.449. The van der Waals surface area contributed by atoms with Gasteiger partial charge >= 0.3 is 0 Å². The first-order valence-electron chi connectivity index (χ1n) is 5.87. The lowest BCUT2D eigenvalue weighted by molar-refractivity contribution is 0.709. The van der Waals surface area contributed by atoms with Gasteiger partial charge in [0.05, 0.1) is 17.1 Å². The molecule has 86 valence electrons. The molecule has 0 saturated carbocycles. The summed E-state index contributed by atoms with van der Waals surface area (Å²) in [5.74, 6) is 0.900. The SMILES string of the molecule is Cc1nc2ccc(C(C)C)nn2c1C(C)C. The van der Waals surface area contributed by atoms with E-state index in [1.165, 1.54) is 5.69 Å². The molecule has 0 fully saturated rings. The first-order chi connectivity index (χ1) is 7.50. The van der Waals surface area contributed by atoms with E-state index in [-0.39, 0.29) is 0 Å². The van der Waals surface area contributed by atoms with E-state index in [0.29, 0.717) is 11.8 Å². The molecule has 0 N–H and O–H groups in total. The van der Waals surface area contributed by atoms with Crippen LogP contribution in [0.25, 0.3) is 5.65 Å². The van der Waals surface area contributed by atoms with Gasteiger partial charge in [-0.2, -0.15) is 5.10 Å². The Morgan fingerprint density at radius 3 is 2.31 bits per heavy atom. The molecule has 3 nitrogen and oxygen atoms in total. The van der Waals surface area contributed by atoms with Gasteiger partial charge in [0, 0.05) is 0 Å². The van der Waals surface area contributed by atoms with Crippen molar-refractivity contribution in [3.05, 3.63) is 29.2 Å². The fourth-order valence-corrected chi connectivity index (χ4v) is 2.05. The van der Waals surface area contributed by atoms with E-state index in [4.69, 9.17) is 0 Å². The molecule has 0 amide bonds. The van der Waals surface area contributed by atoms with E-state index < -0.39 is 0 Å². The highest BCUT2D eigenvalue weighted by Gasteiger charge is 2.14. The molecular weight excluding hydrogens is 198 g/mol. The van der Waals surface area contributed by atoms with Gasteiger partial charge in [-0.3, -0.25) is 0 Å². The van der Waals surface area contributed by atoms with Gasteiger partial charge in [0.15, 0.2) is 5.65 Å². The molecule has 3 heteroatoms. The van der Waals surface area contributed by atoms with Crippen molar-refractivity contribution in [2.75, 3.05) is 0 Å². The molecule has 0 aliphatic rings. The molecule has 0 radical (unpaired) electrons. The van der Waals surface area contributed by atoms with Gasteiger partial charge in [-0.05, 0) is 30.9 Å². The molecule has 0 aliphatic carbocycles. The fraction of sp³-hybridized carbons (Fsp3) is 0.538. The lowest BCUT2D eigenvalue weighted by Crippen LogP contribution is -2.04. The molecular formula is C13H19N3. The Balaban J connectivity index is 2.69. The average Bonchev–Trinajstić information content (AvgIpc) is 2.51. The predicted octanol–water partition coefficient (Wildman–Crippen LogP) is 3.28. The number of fused-ring (bicyclic) bond motifs is 1. The van der Waals surface area contributed by atoms with Crippen LogP contribution in [0.2, 0.25) is 0 Å². The van der Waals surface area contributed by atoms with E-state index in [2.05, 4.69) is 56.8 Å². The van der Waals surface area contributed by atoms with Crippen molar-refractivity contribution < 1.29 is 0 Å². The lowest BCUT2D eigenvalue weighted by atomic mass is 10.1. The van der Waals surface area contributed by atoms with Gasteiger partial charge in [0.25, 0.3) is 0 Å². The maximum Gasteiger partial charge on any atom is 0.154 e. The Labute approximate surface area is 96.5 Å². The van der Waals surface area contributed by atoms with Crippen LogP contribution < -0.4 is 0 Å². The zero-order valence-electron chi connectivity index (χ0n) is 10.7. The van der Waals surface area contributed by atoms with Crippen LogP contribution in [-0.4, -0.2) is 14.6 Å². The molecule has 2 aromatic rings. The first kappa shape index (κ1) is 11.1. The summed E-state index contributed by atoms with van der Waals surface area (Å²) in [6.07, 6.45) is 0. The standard InChI is InChI=1S/C13H19N3/c1-8(2)11-6-7-12-14-10(5)13(9(3)4)16(12)15-11/h6-9H,1-5H3. The Hall–Kier alpha value is -1.38. The summed E-state index contributed by atoms with van der Waals surface area (Å²) in [6.45, 7) is 10.7. The second kappa shape index (κ2) is 3.89. The molecule has 2 heterocycles. The monoisotopic (exact) mass is 217 g/mol. The summed E-state index contributed by atoms with van der Waals surface area (Å²) in [5, 5.41) is 4.67. The third-order valence-electron chi connectivity index (χ3n) is 2.86. The molecule has 0 spiro atoms. The lowest BCUT2D eigenvalue weighted by Gasteiger charge is -2.08. The zero-order chi connectivity index (χ0) is 11.9. The average molecular weight is 217 g/mol. The van der Waals surface area contributed by atoms with Crippen molar-refractivity contribution in [2.24, 2.45) is 0 Å². The van der Waals surface area contributed by atoms with Crippen LogP contribution in [0.5, 0.6) is 0 Å². The van der Waals surface area contributed by atoms with Gasteiger partial charge in [0.1, 0.15) is 0 Å². The predicted molar refractivity (Wildman–Crippen MR) is 65.9 cm³/mol. The molecule has 0 atom stereocenters.